The van der Waals surface area contributed by atoms with Gasteiger partial charge in [-0.2, -0.15) is 0 Å². The first-order valence-corrected chi connectivity index (χ1v) is 7.81. The Morgan fingerprint density at radius 1 is 1.40 bits per heavy atom. The van der Waals surface area contributed by atoms with E-state index in [-0.39, 0.29) is 17.9 Å². The molecule has 1 rings (SSSR count). The van der Waals surface area contributed by atoms with Crippen LogP contribution in [0.5, 0.6) is 0 Å². The Morgan fingerprint density at radius 3 is 2.75 bits per heavy atom. The number of nitrogens with zero attached hydrogens (tertiary/aromatic N) is 1. The van der Waals surface area contributed by atoms with Gasteiger partial charge in [0.25, 0.3) is 0 Å². The SMILES string of the molecule is CCC(CCN)CCC(=O)N1CCCC(NC(C)=O)C1. The Bertz CT molecular complexity index is 320. The summed E-state index contributed by atoms with van der Waals surface area (Å²) >= 11 is 0. The second-order valence-electron chi connectivity index (χ2n) is 5.77. The molecule has 5 nitrogen and oxygen atoms in total. The maximum absolute atomic E-state index is 12.2. The number of nitrogens with one attached hydrogen (secondary N) is 1. The van der Waals surface area contributed by atoms with E-state index in [0.717, 1.165) is 38.6 Å². The van der Waals surface area contributed by atoms with Crippen molar-refractivity contribution >= 4 is 11.8 Å². The van der Waals surface area contributed by atoms with Crippen LogP contribution >= 0.6 is 0 Å². The van der Waals surface area contributed by atoms with Crippen LogP contribution in [-0.4, -0.2) is 42.4 Å². The van der Waals surface area contributed by atoms with Gasteiger partial charge in [-0.3, -0.25) is 9.59 Å². The number of carbonyl (C=O) groups is 2. The van der Waals surface area contributed by atoms with Crippen LogP contribution in [0.25, 0.3) is 0 Å². The van der Waals surface area contributed by atoms with Crippen LogP contribution in [0.3, 0.4) is 0 Å². The molecule has 1 saturated heterocycles. The summed E-state index contributed by atoms with van der Waals surface area (Å²) < 4.78 is 0. The molecule has 0 saturated carbocycles. The van der Waals surface area contributed by atoms with E-state index in [1.807, 2.05) is 4.90 Å². The first kappa shape index (κ1) is 17.0. The number of carbonyl (C=O) groups excluding carboxylic acids is 2. The van der Waals surface area contributed by atoms with Crippen molar-refractivity contribution in [2.75, 3.05) is 19.6 Å². The number of hydrogen-bond acceptors (Lipinski definition) is 3. The second-order valence-corrected chi connectivity index (χ2v) is 5.77. The number of rotatable bonds is 7. The lowest BCUT2D eigenvalue weighted by Gasteiger charge is -2.33. The molecule has 0 aromatic carbocycles. The summed E-state index contributed by atoms with van der Waals surface area (Å²) in [5, 5.41) is 2.91. The van der Waals surface area contributed by atoms with Gasteiger partial charge in [-0.1, -0.05) is 13.3 Å². The molecule has 0 aromatic heterocycles. The molecule has 0 aliphatic carbocycles. The van der Waals surface area contributed by atoms with Crippen molar-refractivity contribution in [3.05, 3.63) is 0 Å². The smallest absolute Gasteiger partial charge is 0.222 e. The zero-order valence-electron chi connectivity index (χ0n) is 12.9. The maximum Gasteiger partial charge on any atom is 0.222 e. The molecule has 1 heterocycles. The van der Waals surface area contributed by atoms with Gasteiger partial charge in [0.05, 0.1) is 0 Å². The summed E-state index contributed by atoms with van der Waals surface area (Å²) in [6.45, 7) is 5.85. The summed E-state index contributed by atoms with van der Waals surface area (Å²) in [7, 11) is 0. The van der Waals surface area contributed by atoms with Crippen LogP contribution < -0.4 is 11.1 Å². The van der Waals surface area contributed by atoms with Gasteiger partial charge < -0.3 is 16.0 Å². The normalized spacial score (nSPS) is 20.6. The Labute approximate surface area is 122 Å². The van der Waals surface area contributed by atoms with Gasteiger partial charge in [-0.15, -0.1) is 0 Å². The summed E-state index contributed by atoms with van der Waals surface area (Å²) in [6, 6.07) is 0.121. The van der Waals surface area contributed by atoms with Crippen molar-refractivity contribution in [1.29, 1.82) is 0 Å². The summed E-state index contributed by atoms with van der Waals surface area (Å²) in [5.74, 6) is 0.758. The Kier molecular flexibility index (Phi) is 7.59. The van der Waals surface area contributed by atoms with Crippen molar-refractivity contribution in [2.24, 2.45) is 11.7 Å². The minimum atomic E-state index is -0.0155. The predicted molar refractivity (Wildman–Crippen MR) is 80.1 cm³/mol. The number of amides is 2. The minimum Gasteiger partial charge on any atom is -0.352 e. The van der Waals surface area contributed by atoms with Gasteiger partial charge in [0.15, 0.2) is 0 Å². The molecule has 5 heteroatoms. The summed E-state index contributed by atoms with van der Waals surface area (Å²) in [6.07, 6.45) is 5.54. The lowest BCUT2D eigenvalue weighted by atomic mass is 9.96. The lowest BCUT2D eigenvalue weighted by Crippen LogP contribution is -2.49. The zero-order chi connectivity index (χ0) is 15.0. The highest BCUT2D eigenvalue weighted by Gasteiger charge is 2.24. The topological polar surface area (TPSA) is 75.4 Å². The van der Waals surface area contributed by atoms with Gasteiger partial charge in [-0.05, 0) is 38.1 Å². The largest absolute Gasteiger partial charge is 0.352 e. The quantitative estimate of drug-likeness (QED) is 0.739. The average molecular weight is 283 g/mol. The molecule has 1 fully saturated rings. The number of hydrogen-bond donors (Lipinski definition) is 2. The highest BCUT2D eigenvalue weighted by atomic mass is 16.2. The molecule has 0 bridgehead atoms. The Morgan fingerprint density at radius 2 is 2.15 bits per heavy atom. The predicted octanol–water partition coefficient (Wildman–Crippen LogP) is 1.27. The number of piperidine rings is 1. The van der Waals surface area contributed by atoms with Crippen molar-refractivity contribution in [3.8, 4) is 0 Å². The fourth-order valence-electron chi connectivity index (χ4n) is 2.88. The van der Waals surface area contributed by atoms with Crippen LogP contribution in [0.4, 0.5) is 0 Å². The van der Waals surface area contributed by atoms with E-state index in [1.54, 1.807) is 0 Å². The van der Waals surface area contributed by atoms with Crippen molar-refractivity contribution < 1.29 is 9.59 Å². The third-order valence-corrected chi connectivity index (χ3v) is 4.10. The van der Waals surface area contributed by atoms with E-state index in [9.17, 15) is 9.59 Å². The maximum atomic E-state index is 12.2. The molecule has 2 unspecified atom stereocenters. The fraction of sp³-hybridized carbons (Fsp3) is 0.867. The highest BCUT2D eigenvalue weighted by Crippen LogP contribution is 2.17. The number of nitrogens with two attached hydrogens (primary N) is 1. The third kappa shape index (κ3) is 5.90. The first-order valence-electron chi connectivity index (χ1n) is 7.81. The molecular formula is C15H29N3O2. The monoisotopic (exact) mass is 283 g/mol. The van der Waals surface area contributed by atoms with Gasteiger partial charge in [-0.25, -0.2) is 0 Å². The molecule has 1 aliphatic rings. The molecule has 0 spiro atoms. The van der Waals surface area contributed by atoms with E-state index in [2.05, 4.69) is 12.2 Å². The third-order valence-electron chi connectivity index (χ3n) is 4.10. The molecule has 2 atom stereocenters. The van der Waals surface area contributed by atoms with Gasteiger partial charge in [0.2, 0.25) is 11.8 Å². The van der Waals surface area contributed by atoms with Crippen LogP contribution in [0.2, 0.25) is 0 Å². The standard InChI is InChI=1S/C15H29N3O2/c1-3-13(8-9-16)6-7-15(20)18-10-4-5-14(11-18)17-12(2)19/h13-14H,3-11,16H2,1-2H3,(H,17,19). The van der Waals surface area contributed by atoms with Crippen molar-refractivity contribution in [2.45, 2.75) is 58.4 Å². The first-order chi connectivity index (χ1) is 9.56. The van der Waals surface area contributed by atoms with E-state index >= 15 is 0 Å². The van der Waals surface area contributed by atoms with Crippen LogP contribution in [0, 0.1) is 5.92 Å². The van der Waals surface area contributed by atoms with E-state index < -0.39 is 0 Å². The molecule has 2 amide bonds. The Hall–Kier alpha value is -1.10. The van der Waals surface area contributed by atoms with Crippen LogP contribution in [0.1, 0.15) is 52.4 Å². The van der Waals surface area contributed by atoms with Crippen LogP contribution in [-0.2, 0) is 9.59 Å². The molecule has 3 N–H and O–H groups in total. The number of likely N-dealkylation sites (tertiary alicyclic amines) is 1. The second kappa shape index (κ2) is 8.95. The van der Waals surface area contributed by atoms with Gasteiger partial charge >= 0.3 is 0 Å². The molecule has 0 aromatic rings. The molecule has 0 radical (unpaired) electrons. The molecule has 116 valence electrons. The minimum absolute atomic E-state index is 0.0155. The van der Waals surface area contributed by atoms with E-state index in [4.69, 9.17) is 5.73 Å². The molecule has 1 aliphatic heterocycles. The summed E-state index contributed by atoms with van der Waals surface area (Å²) in [5.41, 5.74) is 5.58. The van der Waals surface area contributed by atoms with E-state index in [1.165, 1.54) is 6.92 Å². The van der Waals surface area contributed by atoms with E-state index in [0.29, 0.717) is 25.4 Å². The summed E-state index contributed by atoms with van der Waals surface area (Å²) in [4.78, 5) is 25.2. The average Bonchev–Trinajstić information content (AvgIpc) is 2.42. The molecule has 20 heavy (non-hydrogen) atoms. The van der Waals surface area contributed by atoms with Crippen LogP contribution in [0.15, 0.2) is 0 Å². The highest BCUT2D eigenvalue weighted by molar-refractivity contribution is 5.77. The van der Waals surface area contributed by atoms with Gasteiger partial charge in [0.1, 0.15) is 0 Å². The molecular weight excluding hydrogens is 254 g/mol. The van der Waals surface area contributed by atoms with Crippen molar-refractivity contribution in [3.63, 3.8) is 0 Å². The van der Waals surface area contributed by atoms with Crippen molar-refractivity contribution in [1.82, 2.24) is 10.2 Å². The Balaban J connectivity index is 2.36. The zero-order valence-corrected chi connectivity index (χ0v) is 12.9. The lowest BCUT2D eigenvalue weighted by molar-refractivity contribution is -0.133. The van der Waals surface area contributed by atoms with Gasteiger partial charge in [0, 0.05) is 32.5 Å². The fourth-order valence-corrected chi connectivity index (χ4v) is 2.88.